The van der Waals surface area contributed by atoms with Crippen molar-refractivity contribution >= 4 is 35.0 Å². The Morgan fingerprint density at radius 2 is 1.89 bits per heavy atom. The number of carbonyl (C=O) groups is 3. The van der Waals surface area contributed by atoms with Gasteiger partial charge in [0.1, 0.15) is 5.54 Å². The van der Waals surface area contributed by atoms with Crippen LogP contribution in [0.5, 0.6) is 11.5 Å². The van der Waals surface area contributed by atoms with Crippen LogP contribution in [0.4, 0.5) is 5.69 Å². The predicted octanol–water partition coefficient (Wildman–Crippen LogP) is 2.83. The summed E-state index contributed by atoms with van der Waals surface area (Å²) in [5.74, 6) is -0.806. The second-order valence-electron chi connectivity index (χ2n) is 9.56. The Labute approximate surface area is 208 Å². The molecule has 35 heavy (non-hydrogen) atoms. The van der Waals surface area contributed by atoms with Crippen molar-refractivity contribution in [3.8, 4) is 11.5 Å². The van der Waals surface area contributed by atoms with E-state index in [4.69, 9.17) is 21.1 Å². The van der Waals surface area contributed by atoms with Gasteiger partial charge in [0, 0.05) is 18.2 Å². The van der Waals surface area contributed by atoms with E-state index < -0.39 is 17.4 Å². The molecule has 182 valence electrons. The third-order valence-corrected chi connectivity index (χ3v) is 8.46. The Morgan fingerprint density at radius 1 is 1.09 bits per heavy atom. The number of halogens is 1. The van der Waals surface area contributed by atoms with E-state index in [0.717, 1.165) is 18.4 Å². The molecule has 2 unspecified atom stereocenters. The van der Waals surface area contributed by atoms with Crippen LogP contribution >= 0.6 is 11.6 Å². The zero-order chi connectivity index (χ0) is 24.5. The molecular weight excluding hydrogens is 470 g/mol. The number of anilines is 1. The topological polar surface area (TPSA) is 88.2 Å². The van der Waals surface area contributed by atoms with Gasteiger partial charge in [-0.05, 0) is 49.6 Å². The second kappa shape index (κ2) is 7.96. The van der Waals surface area contributed by atoms with Gasteiger partial charge >= 0.3 is 0 Å². The highest BCUT2D eigenvalue weighted by atomic mass is 35.5. The fraction of sp³-hybridized carbons (Fsp3) is 0.423. The van der Waals surface area contributed by atoms with Crippen molar-refractivity contribution in [1.82, 2.24) is 9.80 Å². The number of benzene rings is 2. The first-order valence-corrected chi connectivity index (χ1v) is 12.2. The molecule has 1 N–H and O–H groups in total. The predicted molar refractivity (Wildman–Crippen MR) is 128 cm³/mol. The quantitative estimate of drug-likeness (QED) is 0.642. The summed E-state index contributed by atoms with van der Waals surface area (Å²) in [5, 5.41) is 3.37. The fourth-order valence-corrected chi connectivity index (χ4v) is 6.97. The van der Waals surface area contributed by atoms with Crippen LogP contribution in [0.2, 0.25) is 5.02 Å². The van der Waals surface area contributed by atoms with E-state index in [9.17, 15) is 14.4 Å². The van der Waals surface area contributed by atoms with Gasteiger partial charge in [0.25, 0.3) is 5.91 Å². The Balaban J connectivity index is 1.35. The SMILES string of the molecule is COc1ccc(CCN2C(=O)[C@@H]3C4CCCN4C4(C(=O)Nc5c(Cl)cccc54)[C@@H]3C2=O)cc1OC. The average Bonchev–Trinajstić information content (AvgIpc) is 3.57. The number of hydrogen-bond acceptors (Lipinski definition) is 6. The number of fused-ring (bicyclic) bond motifs is 7. The van der Waals surface area contributed by atoms with Gasteiger partial charge in [-0.3, -0.25) is 24.2 Å². The van der Waals surface area contributed by atoms with Crippen LogP contribution < -0.4 is 14.8 Å². The van der Waals surface area contributed by atoms with E-state index >= 15 is 0 Å². The van der Waals surface area contributed by atoms with E-state index in [1.54, 1.807) is 26.4 Å². The van der Waals surface area contributed by atoms with Gasteiger partial charge in [0.2, 0.25) is 11.8 Å². The number of methoxy groups -OCH3 is 2. The highest BCUT2D eigenvalue weighted by molar-refractivity contribution is 6.35. The molecule has 8 nitrogen and oxygen atoms in total. The van der Waals surface area contributed by atoms with Gasteiger partial charge in [0.05, 0.1) is 36.8 Å². The Morgan fingerprint density at radius 3 is 2.66 bits per heavy atom. The molecule has 6 rings (SSSR count). The van der Waals surface area contributed by atoms with Gasteiger partial charge < -0.3 is 14.8 Å². The Bertz CT molecular complexity index is 1270. The first-order valence-electron chi connectivity index (χ1n) is 11.9. The molecule has 4 atom stereocenters. The molecule has 3 amide bonds. The number of ether oxygens (including phenoxy) is 2. The maximum atomic E-state index is 13.9. The van der Waals surface area contributed by atoms with Gasteiger partial charge in [-0.15, -0.1) is 0 Å². The number of nitrogens with zero attached hydrogens (tertiary/aromatic N) is 2. The first-order chi connectivity index (χ1) is 16.9. The lowest BCUT2D eigenvalue weighted by molar-refractivity contribution is -0.145. The number of carbonyl (C=O) groups excluding carboxylic acids is 3. The van der Waals surface area contributed by atoms with Crippen LogP contribution in [0.1, 0.15) is 24.0 Å². The summed E-state index contributed by atoms with van der Waals surface area (Å²) in [6, 6.07) is 10.8. The molecule has 4 heterocycles. The zero-order valence-electron chi connectivity index (χ0n) is 19.5. The van der Waals surface area contributed by atoms with E-state index in [1.807, 2.05) is 24.3 Å². The maximum Gasteiger partial charge on any atom is 0.250 e. The second-order valence-corrected chi connectivity index (χ2v) is 9.96. The molecule has 4 aliphatic heterocycles. The highest BCUT2D eigenvalue weighted by Crippen LogP contribution is 2.61. The lowest BCUT2D eigenvalue weighted by Crippen LogP contribution is -2.54. The minimum Gasteiger partial charge on any atom is -0.493 e. The van der Waals surface area contributed by atoms with Crippen LogP contribution in [0.3, 0.4) is 0 Å². The van der Waals surface area contributed by atoms with Gasteiger partial charge in [-0.2, -0.15) is 0 Å². The summed E-state index contributed by atoms with van der Waals surface area (Å²) >= 11 is 6.43. The Hall–Kier alpha value is -3.10. The van der Waals surface area contributed by atoms with Gasteiger partial charge in [-0.25, -0.2) is 0 Å². The third kappa shape index (κ3) is 2.87. The summed E-state index contributed by atoms with van der Waals surface area (Å²) in [4.78, 5) is 44.7. The Kier molecular flexibility index (Phi) is 5.09. The molecule has 4 aliphatic rings. The standard InChI is InChI=1S/C26H26ClN3O5/c1-34-18-9-8-14(13-19(18)35-2)10-12-29-23(31)20-17-7-4-11-30(17)26(21(20)24(29)32)15-5-3-6-16(27)22(15)28-25(26)33/h3,5-6,8-9,13,17,20-21H,4,7,10-12H2,1-2H3,(H,28,33)/t17?,20-,21+,26?/m1/s1. The number of amides is 3. The van der Waals surface area contributed by atoms with Crippen LogP contribution in [-0.4, -0.2) is 60.9 Å². The summed E-state index contributed by atoms with van der Waals surface area (Å²) in [7, 11) is 3.14. The zero-order valence-corrected chi connectivity index (χ0v) is 20.3. The van der Waals surface area contributed by atoms with Crippen LogP contribution in [0, 0.1) is 11.8 Å². The van der Waals surface area contributed by atoms with Crippen molar-refractivity contribution in [2.24, 2.45) is 11.8 Å². The third-order valence-electron chi connectivity index (χ3n) is 8.14. The molecule has 0 bridgehead atoms. The van der Waals surface area contributed by atoms with Crippen molar-refractivity contribution < 1.29 is 23.9 Å². The molecular formula is C26H26ClN3O5. The molecule has 1 spiro atoms. The lowest BCUT2D eigenvalue weighted by Gasteiger charge is -2.36. The molecule has 0 saturated carbocycles. The average molecular weight is 496 g/mol. The first kappa shape index (κ1) is 22.4. The highest BCUT2D eigenvalue weighted by Gasteiger charge is 2.74. The van der Waals surface area contributed by atoms with Crippen LogP contribution in [0.15, 0.2) is 36.4 Å². The summed E-state index contributed by atoms with van der Waals surface area (Å²) in [5.41, 5.74) is 0.983. The molecule has 9 heteroatoms. The number of rotatable bonds is 5. The van der Waals surface area contributed by atoms with E-state index in [2.05, 4.69) is 10.2 Å². The lowest BCUT2D eigenvalue weighted by atomic mass is 9.75. The number of nitrogens with one attached hydrogen (secondary N) is 1. The van der Waals surface area contributed by atoms with Crippen molar-refractivity contribution in [2.75, 3.05) is 32.6 Å². The number of hydrogen-bond donors (Lipinski definition) is 1. The fourth-order valence-electron chi connectivity index (χ4n) is 6.75. The van der Waals surface area contributed by atoms with E-state index in [-0.39, 0.29) is 30.3 Å². The molecule has 0 aliphatic carbocycles. The molecule has 2 aromatic rings. The van der Waals surface area contributed by atoms with E-state index in [0.29, 0.717) is 40.7 Å². The summed E-state index contributed by atoms with van der Waals surface area (Å²) < 4.78 is 10.7. The summed E-state index contributed by atoms with van der Waals surface area (Å²) in [6.07, 6.45) is 2.15. The number of likely N-dealkylation sites (tertiary alicyclic amines) is 1. The minimum atomic E-state index is -1.20. The van der Waals surface area contributed by atoms with Crippen molar-refractivity contribution in [1.29, 1.82) is 0 Å². The molecule has 0 aromatic heterocycles. The smallest absolute Gasteiger partial charge is 0.250 e. The van der Waals surface area contributed by atoms with Crippen molar-refractivity contribution in [3.63, 3.8) is 0 Å². The number of para-hydroxylation sites is 1. The normalized spacial score (nSPS) is 28.9. The van der Waals surface area contributed by atoms with Crippen molar-refractivity contribution in [2.45, 2.75) is 30.8 Å². The van der Waals surface area contributed by atoms with Crippen molar-refractivity contribution in [3.05, 3.63) is 52.5 Å². The maximum absolute atomic E-state index is 13.9. The molecule has 3 fully saturated rings. The largest absolute Gasteiger partial charge is 0.493 e. The van der Waals surface area contributed by atoms with Crippen LogP contribution in [-0.2, 0) is 26.3 Å². The molecule has 0 radical (unpaired) electrons. The van der Waals surface area contributed by atoms with Gasteiger partial charge in [0.15, 0.2) is 11.5 Å². The number of imide groups is 1. The van der Waals surface area contributed by atoms with Crippen LogP contribution in [0.25, 0.3) is 0 Å². The monoisotopic (exact) mass is 495 g/mol. The molecule has 3 saturated heterocycles. The van der Waals surface area contributed by atoms with E-state index in [1.165, 1.54) is 4.90 Å². The van der Waals surface area contributed by atoms with Gasteiger partial charge in [-0.1, -0.05) is 29.8 Å². The molecule has 2 aromatic carbocycles. The minimum absolute atomic E-state index is 0.141. The summed E-state index contributed by atoms with van der Waals surface area (Å²) in [6.45, 7) is 0.913.